The molecule has 0 unspecified atom stereocenters. The van der Waals surface area contributed by atoms with Gasteiger partial charge in [-0.1, -0.05) is 0 Å². The molecule has 0 atom stereocenters. The van der Waals surface area contributed by atoms with Crippen LogP contribution in [0, 0.1) is 0 Å². The lowest BCUT2D eigenvalue weighted by Crippen LogP contribution is -2.30. The van der Waals surface area contributed by atoms with Gasteiger partial charge in [0.15, 0.2) is 0 Å². The molecule has 1 rings (SSSR count). The maximum Gasteiger partial charge on any atom is 0.289 e. The Kier molecular flexibility index (Phi) is 2.38. The van der Waals surface area contributed by atoms with E-state index in [4.69, 9.17) is 10.2 Å². The molecule has 0 saturated heterocycles. The summed E-state index contributed by atoms with van der Waals surface area (Å²) >= 11 is 0. The molecule has 3 N–H and O–H groups in total. The van der Waals surface area contributed by atoms with E-state index in [1.807, 2.05) is 13.8 Å². The zero-order valence-electron chi connectivity index (χ0n) is 7.13. The van der Waals surface area contributed by atoms with Crippen molar-refractivity contribution >= 4 is 11.6 Å². The van der Waals surface area contributed by atoms with Crippen LogP contribution in [0.1, 0.15) is 24.4 Å². The monoisotopic (exact) mass is 168 g/mol. The zero-order valence-corrected chi connectivity index (χ0v) is 7.13. The Bertz CT molecular complexity index is 278. The van der Waals surface area contributed by atoms with Gasteiger partial charge in [-0.3, -0.25) is 4.79 Å². The molecule has 1 amide bonds. The second-order valence-corrected chi connectivity index (χ2v) is 2.83. The standard InChI is InChI=1S/C8H12N2O2/c1-5(2)10-8(11)7-6(9)3-4-12-7/h3-5H,9H2,1-2H3,(H,10,11). The van der Waals surface area contributed by atoms with E-state index in [0.717, 1.165) is 0 Å². The third-order valence-corrected chi connectivity index (χ3v) is 1.32. The molecule has 0 aliphatic carbocycles. The number of carbonyl (C=O) groups excluding carboxylic acids is 1. The Morgan fingerprint density at radius 2 is 2.33 bits per heavy atom. The third kappa shape index (κ3) is 1.78. The number of hydrogen-bond donors (Lipinski definition) is 2. The molecule has 0 radical (unpaired) electrons. The van der Waals surface area contributed by atoms with Gasteiger partial charge in [-0.2, -0.15) is 0 Å². The number of nitrogens with one attached hydrogen (secondary N) is 1. The molecule has 0 aliphatic rings. The van der Waals surface area contributed by atoms with Crippen molar-refractivity contribution in [3.8, 4) is 0 Å². The van der Waals surface area contributed by atoms with Crippen molar-refractivity contribution in [2.45, 2.75) is 19.9 Å². The van der Waals surface area contributed by atoms with Crippen LogP contribution in [0.2, 0.25) is 0 Å². The van der Waals surface area contributed by atoms with E-state index in [9.17, 15) is 4.79 Å². The molecule has 0 spiro atoms. The highest BCUT2D eigenvalue weighted by Crippen LogP contribution is 2.11. The van der Waals surface area contributed by atoms with Gasteiger partial charge in [0.2, 0.25) is 5.76 Å². The lowest BCUT2D eigenvalue weighted by atomic mass is 10.3. The minimum atomic E-state index is -0.271. The Labute approximate surface area is 70.7 Å². The zero-order chi connectivity index (χ0) is 9.14. The van der Waals surface area contributed by atoms with Gasteiger partial charge < -0.3 is 15.5 Å². The van der Waals surface area contributed by atoms with Crippen molar-refractivity contribution in [1.29, 1.82) is 0 Å². The van der Waals surface area contributed by atoms with Gasteiger partial charge in [0.25, 0.3) is 5.91 Å². The van der Waals surface area contributed by atoms with Gasteiger partial charge in [0.1, 0.15) is 0 Å². The van der Waals surface area contributed by atoms with Crippen molar-refractivity contribution in [2.24, 2.45) is 0 Å². The first kappa shape index (κ1) is 8.64. The second-order valence-electron chi connectivity index (χ2n) is 2.83. The fourth-order valence-corrected chi connectivity index (χ4v) is 0.831. The lowest BCUT2D eigenvalue weighted by molar-refractivity contribution is 0.0916. The summed E-state index contributed by atoms with van der Waals surface area (Å²) in [5.74, 6) is -0.0869. The van der Waals surface area contributed by atoms with E-state index >= 15 is 0 Å². The van der Waals surface area contributed by atoms with Crippen LogP contribution in [0.5, 0.6) is 0 Å². The molecule has 1 aromatic heterocycles. The Balaban J connectivity index is 2.72. The predicted molar refractivity (Wildman–Crippen MR) is 45.7 cm³/mol. The first-order valence-corrected chi connectivity index (χ1v) is 3.75. The Hall–Kier alpha value is -1.45. The molecule has 0 aliphatic heterocycles. The maximum absolute atomic E-state index is 11.3. The highest BCUT2D eigenvalue weighted by Gasteiger charge is 2.13. The predicted octanol–water partition coefficient (Wildman–Crippen LogP) is 1.00. The first-order valence-electron chi connectivity index (χ1n) is 3.75. The molecule has 1 aromatic rings. The number of amides is 1. The van der Waals surface area contributed by atoms with Gasteiger partial charge in [0.05, 0.1) is 12.0 Å². The molecule has 4 nitrogen and oxygen atoms in total. The number of furan rings is 1. The molecular weight excluding hydrogens is 156 g/mol. The smallest absolute Gasteiger partial charge is 0.289 e. The molecule has 0 aromatic carbocycles. The molecule has 1 heterocycles. The fourth-order valence-electron chi connectivity index (χ4n) is 0.831. The van der Waals surface area contributed by atoms with Crippen LogP contribution in [-0.2, 0) is 0 Å². The van der Waals surface area contributed by atoms with E-state index in [0.29, 0.717) is 5.69 Å². The van der Waals surface area contributed by atoms with Gasteiger partial charge in [-0.25, -0.2) is 0 Å². The number of nitrogen functional groups attached to an aromatic ring is 1. The molecular formula is C8H12N2O2. The number of hydrogen-bond acceptors (Lipinski definition) is 3. The van der Waals surface area contributed by atoms with Crippen molar-refractivity contribution in [3.63, 3.8) is 0 Å². The van der Waals surface area contributed by atoms with E-state index < -0.39 is 0 Å². The summed E-state index contributed by atoms with van der Waals surface area (Å²) in [7, 11) is 0. The van der Waals surface area contributed by atoms with E-state index in [1.54, 1.807) is 6.07 Å². The highest BCUT2D eigenvalue weighted by atomic mass is 16.3. The van der Waals surface area contributed by atoms with Crippen LogP contribution in [0.15, 0.2) is 16.7 Å². The average molecular weight is 168 g/mol. The normalized spacial score (nSPS) is 10.2. The summed E-state index contributed by atoms with van der Waals surface area (Å²) in [5, 5.41) is 2.67. The molecule has 12 heavy (non-hydrogen) atoms. The van der Waals surface area contributed by atoms with Gasteiger partial charge in [0, 0.05) is 12.1 Å². The van der Waals surface area contributed by atoms with Crippen LogP contribution in [0.25, 0.3) is 0 Å². The molecule has 0 fully saturated rings. The SMILES string of the molecule is CC(C)NC(=O)c1occc1N. The summed E-state index contributed by atoms with van der Waals surface area (Å²) < 4.78 is 4.89. The number of nitrogens with two attached hydrogens (primary N) is 1. The average Bonchev–Trinajstić information content (AvgIpc) is 2.33. The fraction of sp³-hybridized carbons (Fsp3) is 0.375. The summed E-state index contributed by atoms with van der Waals surface area (Å²) in [6.45, 7) is 3.74. The van der Waals surface area contributed by atoms with Crippen LogP contribution in [0.3, 0.4) is 0 Å². The quantitative estimate of drug-likeness (QED) is 0.692. The van der Waals surface area contributed by atoms with Crippen LogP contribution in [0.4, 0.5) is 5.69 Å². The Morgan fingerprint density at radius 3 is 2.75 bits per heavy atom. The van der Waals surface area contributed by atoms with Gasteiger partial charge in [-0.15, -0.1) is 0 Å². The summed E-state index contributed by atoms with van der Waals surface area (Å²) in [4.78, 5) is 11.3. The van der Waals surface area contributed by atoms with Gasteiger partial charge in [-0.05, 0) is 13.8 Å². The van der Waals surface area contributed by atoms with Crippen molar-refractivity contribution < 1.29 is 9.21 Å². The number of carbonyl (C=O) groups is 1. The van der Waals surface area contributed by atoms with E-state index in [-0.39, 0.29) is 17.7 Å². The van der Waals surface area contributed by atoms with Crippen molar-refractivity contribution in [3.05, 3.63) is 18.1 Å². The Morgan fingerprint density at radius 1 is 1.67 bits per heavy atom. The third-order valence-electron chi connectivity index (χ3n) is 1.32. The first-order chi connectivity index (χ1) is 5.61. The van der Waals surface area contributed by atoms with Crippen molar-refractivity contribution in [1.82, 2.24) is 5.32 Å². The lowest BCUT2D eigenvalue weighted by Gasteiger charge is -2.05. The second kappa shape index (κ2) is 3.30. The summed E-state index contributed by atoms with van der Waals surface area (Å²) in [6, 6.07) is 1.64. The number of anilines is 1. The van der Waals surface area contributed by atoms with Crippen LogP contribution in [-0.4, -0.2) is 11.9 Å². The van der Waals surface area contributed by atoms with E-state index in [2.05, 4.69) is 5.32 Å². The molecule has 66 valence electrons. The molecule has 4 heteroatoms. The maximum atomic E-state index is 11.3. The minimum Gasteiger partial charge on any atom is -0.457 e. The molecule has 0 saturated carbocycles. The largest absolute Gasteiger partial charge is 0.457 e. The van der Waals surface area contributed by atoms with Crippen LogP contribution < -0.4 is 11.1 Å². The van der Waals surface area contributed by atoms with Crippen LogP contribution >= 0.6 is 0 Å². The minimum absolute atomic E-state index is 0.0852. The topological polar surface area (TPSA) is 68.3 Å². The highest BCUT2D eigenvalue weighted by molar-refractivity contribution is 5.96. The van der Waals surface area contributed by atoms with Crippen molar-refractivity contribution in [2.75, 3.05) is 5.73 Å². The van der Waals surface area contributed by atoms with E-state index in [1.165, 1.54) is 6.26 Å². The summed E-state index contributed by atoms with van der Waals surface area (Å²) in [5.41, 5.74) is 5.83. The molecule has 0 bridgehead atoms. The van der Waals surface area contributed by atoms with Gasteiger partial charge >= 0.3 is 0 Å². The number of rotatable bonds is 2. The summed E-state index contributed by atoms with van der Waals surface area (Å²) in [6.07, 6.45) is 1.39.